The van der Waals surface area contributed by atoms with Gasteiger partial charge in [0, 0.05) is 18.0 Å². The molecule has 1 heterocycles. The van der Waals surface area contributed by atoms with Crippen LogP contribution < -0.4 is 5.32 Å². The van der Waals surface area contributed by atoms with E-state index in [0.29, 0.717) is 6.07 Å². The van der Waals surface area contributed by atoms with Crippen LogP contribution in [0.4, 0.5) is 8.78 Å². The molecule has 88 valence electrons. The van der Waals surface area contributed by atoms with E-state index in [9.17, 15) is 13.6 Å². The third kappa shape index (κ3) is 2.69. The molecule has 0 aliphatic carbocycles. The zero-order valence-corrected chi connectivity index (χ0v) is 8.84. The second-order valence-corrected chi connectivity index (χ2v) is 3.50. The molecule has 0 aliphatic rings. The molecule has 17 heavy (non-hydrogen) atoms. The smallest absolute Gasteiger partial charge is 0.254 e. The van der Waals surface area contributed by atoms with E-state index in [4.69, 9.17) is 0 Å². The molecule has 0 saturated carbocycles. The molecule has 0 radical (unpaired) electrons. The standard InChI is InChI=1S/C12H10F2N2O/c13-8-3-4-10(11(14)6-8)12(17)16-7-9-2-1-5-15-9/h1-6,15H,7H2,(H,16,17). The van der Waals surface area contributed by atoms with Gasteiger partial charge in [-0.2, -0.15) is 0 Å². The van der Waals surface area contributed by atoms with E-state index in [1.165, 1.54) is 0 Å². The number of aromatic amines is 1. The Bertz CT molecular complexity index is 523. The van der Waals surface area contributed by atoms with Crippen molar-refractivity contribution in [2.24, 2.45) is 0 Å². The van der Waals surface area contributed by atoms with Gasteiger partial charge in [0.1, 0.15) is 11.6 Å². The van der Waals surface area contributed by atoms with Crippen LogP contribution in [0.2, 0.25) is 0 Å². The maximum Gasteiger partial charge on any atom is 0.254 e. The molecular weight excluding hydrogens is 226 g/mol. The minimum absolute atomic E-state index is 0.169. The summed E-state index contributed by atoms with van der Waals surface area (Å²) < 4.78 is 25.9. The zero-order valence-electron chi connectivity index (χ0n) is 8.84. The van der Waals surface area contributed by atoms with Crippen LogP contribution in [-0.4, -0.2) is 10.9 Å². The predicted molar refractivity (Wildman–Crippen MR) is 58.3 cm³/mol. The van der Waals surface area contributed by atoms with Gasteiger partial charge < -0.3 is 10.3 Å². The number of amides is 1. The van der Waals surface area contributed by atoms with Crippen LogP contribution in [0.15, 0.2) is 36.5 Å². The van der Waals surface area contributed by atoms with Crippen LogP contribution >= 0.6 is 0 Å². The summed E-state index contributed by atoms with van der Waals surface area (Å²) in [6, 6.07) is 6.44. The molecule has 2 N–H and O–H groups in total. The van der Waals surface area contributed by atoms with Crippen molar-refractivity contribution in [1.82, 2.24) is 10.3 Å². The number of H-pyrrole nitrogens is 1. The molecule has 0 spiro atoms. The number of halogens is 2. The van der Waals surface area contributed by atoms with Crippen molar-refractivity contribution in [2.75, 3.05) is 0 Å². The van der Waals surface area contributed by atoms with Crippen molar-refractivity contribution >= 4 is 5.91 Å². The van der Waals surface area contributed by atoms with Gasteiger partial charge in [0.15, 0.2) is 0 Å². The number of benzene rings is 1. The van der Waals surface area contributed by atoms with Gasteiger partial charge in [-0.25, -0.2) is 8.78 Å². The molecule has 0 unspecified atom stereocenters. The fourth-order valence-corrected chi connectivity index (χ4v) is 1.42. The molecule has 3 nitrogen and oxygen atoms in total. The summed E-state index contributed by atoms with van der Waals surface area (Å²) in [6.45, 7) is 0.267. The first-order valence-corrected chi connectivity index (χ1v) is 5.02. The van der Waals surface area contributed by atoms with E-state index in [2.05, 4.69) is 10.3 Å². The van der Waals surface area contributed by atoms with Crippen molar-refractivity contribution in [3.8, 4) is 0 Å². The van der Waals surface area contributed by atoms with Crippen LogP contribution in [0.1, 0.15) is 16.1 Å². The Morgan fingerprint density at radius 1 is 1.29 bits per heavy atom. The Morgan fingerprint density at radius 2 is 2.12 bits per heavy atom. The number of hydrogen-bond acceptors (Lipinski definition) is 1. The summed E-state index contributed by atoms with van der Waals surface area (Å²) >= 11 is 0. The van der Waals surface area contributed by atoms with Crippen molar-refractivity contribution < 1.29 is 13.6 Å². The molecule has 0 fully saturated rings. The predicted octanol–water partition coefficient (Wildman–Crippen LogP) is 2.22. The lowest BCUT2D eigenvalue weighted by molar-refractivity contribution is 0.0946. The van der Waals surface area contributed by atoms with Crippen LogP contribution in [0.25, 0.3) is 0 Å². The van der Waals surface area contributed by atoms with E-state index in [-0.39, 0.29) is 12.1 Å². The Morgan fingerprint density at radius 3 is 2.76 bits per heavy atom. The fraction of sp³-hybridized carbons (Fsp3) is 0.0833. The number of carbonyl (C=O) groups excluding carboxylic acids is 1. The number of nitrogens with one attached hydrogen (secondary N) is 2. The highest BCUT2D eigenvalue weighted by Crippen LogP contribution is 2.09. The third-order valence-corrected chi connectivity index (χ3v) is 2.28. The molecule has 0 atom stereocenters. The van der Waals surface area contributed by atoms with E-state index in [1.807, 2.05) is 0 Å². The lowest BCUT2D eigenvalue weighted by atomic mass is 10.2. The Hall–Kier alpha value is -2.17. The number of aromatic nitrogens is 1. The molecule has 2 rings (SSSR count). The van der Waals surface area contributed by atoms with E-state index in [0.717, 1.165) is 17.8 Å². The maximum atomic E-state index is 13.3. The highest BCUT2D eigenvalue weighted by atomic mass is 19.1. The minimum Gasteiger partial charge on any atom is -0.364 e. The first-order chi connectivity index (χ1) is 8.16. The van der Waals surface area contributed by atoms with Gasteiger partial charge in [-0.3, -0.25) is 4.79 Å². The SMILES string of the molecule is O=C(NCc1ccc[nH]1)c1ccc(F)cc1F. The van der Waals surface area contributed by atoms with E-state index < -0.39 is 17.5 Å². The third-order valence-electron chi connectivity index (χ3n) is 2.28. The lowest BCUT2D eigenvalue weighted by Crippen LogP contribution is -2.24. The fourth-order valence-electron chi connectivity index (χ4n) is 1.42. The first-order valence-electron chi connectivity index (χ1n) is 5.02. The Labute approximate surface area is 96.5 Å². The van der Waals surface area contributed by atoms with Gasteiger partial charge in [-0.05, 0) is 24.3 Å². The van der Waals surface area contributed by atoms with E-state index >= 15 is 0 Å². The van der Waals surface area contributed by atoms with Gasteiger partial charge in [0.2, 0.25) is 0 Å². The largest absolute Gasteiger partial charge is 0.364 e. The highest BCUT2D eigenvalue weighted by Gasteiger charge is 2.11. The van der Waals surface area contributed by atoms with Crippen molar-refractivity contribution in [2.45, 2.75) is 6.54 Å². The summed E-state index contributed by atoms with van der Waals surface area (Å²) in [5, 5.41) is 2.53. The van der Waals surface area contributed by atoms with Crippen LogP contribution in [0, 0.1) is 11.6 Å². The topological polar surface area (TPSA) is 44.9 Å². The molecule has 1 aromatic carbocycles. The van der Waals surface area contributed by atoms with Crippen molar-refractivity contribution in [3.63, 3.8) is 0 Å². The molecule has 1 aromatic heterocycles. The monoisotopic (exact) mass is 236 g/mol. The van der Waals surface area contributed by atoms with E-state index in [1.54, 1.807) is 18.3 Å². The van der Waals surface area contributed by atoms with Crippen LogP contribution in [0.3, 0.4) is 0 Å². The van der Waals surface area contributed by atoms with Crippen LogP contribution in [0.5, 0.6) is 0 Å². The van der Waals surface area contributed by atoms with Crippen molar-refractivity contribution in [3.05, 3.63) is 59.4 Å². The zero-order chi connectivity index (χ0) is 12.3. The summed E-state index contributed by atoms with van der Waals surface area (Å²) in [4.78, 5) is 14.5. The molecule has 5 heteroatoms. The number of hydrogen-bond donors (Lipinski definition) is 2. The molecule has 2 aromatic rings. The average Bonchev–Trinajstić information content (AvgIpc) is 2.78. The average molecular weight is 236 g/mol. The molecule has 1 amide bonds. The van der Waals surface area contributed by atoms with Crippen molar-refractivity contribution in [1.29, 1.82) is 0 Å². The summed E-state index contributed by atoms with van der Waals surface area (Å²) in [6.07, 6.45) is 1.72. The number of rotatable bonds is 3. The quantitative estimate of drug-likeness (QED) is 0.843. The first kappa shape index (κ1) is 11.3. The molecule has 0 saturated heterocycles. The van der Waals surface area contributed by atoms with Gasteiger partial charge in [0.25, 0.3) is 5.91 Å². The minimum atomic E-state index is -0.867. The maximum absolute atomic E-state index is 13.3. The Kier molecular flexibility index (Phi) is 3.18. The summed E-state index contributed by atoms with van der Waals surface area (Å²) in [5.74, 6) is -2.14. The molecule has 0 aliphatic heterocycles. The number of carbonyl (C=O) groups is 1. The van der Waals surface area contributed by atoms with Crippen LogP contribution in [-0.2, 0) is 6.54 Å². The second kappa shape index (κ2) is 4.78. The van der Waals surface area contributed by atoms with Gasteiger partial charge >= 0.3 is 0 Å². The normalized spacial score (nSPS) is 10.2. The summed E-state index contributed by atoms with van der Waals surface area (Å²) in [5.41, 5.74) is 0.638. The Balaban J connectivity index is 2.04. The molecular formula is C12H10F2N2O. The highest BCUT2D eigenvalue weighted by molar-refractivity contribution is 5.94. The summed E-state index contributed by atoms with van der Waals surface area (Å²) in [7, 11) is 0. The van der Waals surface area contributed by atoms with Gasteiger partial charge in [-0.15, -0.1) is 0 Å². The lowest BCUT2D eigenvalue weighted by Gasteiger charge is -2.05. The molecule has 0 bridgehead atoms. The van der Waals surface area contributed by atoms with Gasteiger partial charge in [0.05, 0.1) is 12.1 Å². The second-order valence-electron chi connectivity index (χ2n) is 3.50. The van der Waals surface area contributed by atoms with Gasteiger partial charge in [-0.1, -0.05) is 0 Å².